The van der Waals surface area contributed by atoms with Crippen molar-refractivity contribution in [3.63, 3.8) is 0 Å². The van der Waals surface area contributed by atoms with Crippen molar-refractivity contribution in [3.05, 3.63) is 77.6 Å². The van der Waals surface area contributed by atoms with Crippen molar-refractivity contribution in [1.29, 1.82) is 0 Å². The van der Waals surface area contributed by atoms with E-state index in [4.69, 9.17) is 9.47 Å². The first-order valence-electron chi connectivity index (χ1n) is 10.6. The van der Waals surface area contributed by atoms with Crippen LogP contribution in [0.1, 0.15) is 37.8 Å². The summed E-state index contributed by atoms with van der Waals surface area (Å²) in [5, 5.41) is 10.5. The van der Waals surface area contributed by atoms with Gasteiger partial charge in [0.2, 0.25) is 0 Å². The fraction of sp³-hybridized carbons (Fsp3) is 0.308. The summed E-state index contributed by atoms with van der Waals surface area (Å²) in [4.78, 5) is 0. The van der Waals surface area contributed by atoms with Crippen LogP contribution in [0.2, 0.25) is 0 Å². The molecule has 0 aromatic heterocycles. The summed E-state index contributed by atoms with van der Waals surface area (Å²) in [6.07, 6.45) is 3.60. The smallest absolute Gasteiger partial charge is 0.127 e. The maximum absolute atomic E-state index is 13.2. The summed E-state index contributed by atoms with van der Waals surface area (Å²) in [6.45, 7) is 5.27. The molecule has 3 aromatic rings. The monoisotopic (exact) mass is 408 g/mol. The molecular weight excluding hydrogens is 379 g/mol. The Morgan fingerprint density at radius 2 is 1.53 bits per heavy atom. The number of rotatable bonds is 10. The molecule has 0 atom stereocenters. The van der Waals surface area contributed by atoms with Crippen molar-refractivity contribution < 1.29 is 19.0 Å². The number of benzene rings is 3. The summed E-state index contributed by atoms with van der Waals surface area (Å²) in [5.41, 5.74) is 3.68. The molecule has 0 unspecified atom stereocenters. The van der Waals surface area contributed by atoms with Crippen molar-refractivity contribution >= 4 is 0 Å². The van der Waals surface area contributed by atoms with Crippen molar-refractivity contribution in [2.24, 2.45) is 0 Å². The van der Waals surface area contributed by atoms with Crippen molar-refractivity contribution in [2.45, 2.75) is 39.5 Å². The molecule has 0 saturated heterocycles. The molecule has 3 nitrogen and oxygen atoms in total. The molecule has 158 valence electrons. The summed E-state index contributed by atoms with van der Waals surface area (Å²) in [6, 6.07) is 17.8. The van der Waals surface area contributed by atoms with Crippen LogP contribution in [0.25, 0.3) is 11.1 Å². The number of halogens is 1. The third-order valence-electron chi connectivity index (χ3n) is 5.01. The van der Waals surface area contributed by atoms with E-state index in [1.54, 1.807) is 18.2 Å². The second kappa shape index (κ2) is 10.7. The fourth-order valence-corrected chi connectivity index (χ4v) is 3.43. The van der Waals surface area contributed by atoms with Gasteiger partial charge in [0.1, 0.15) is 23.1 Å². The Morgan fingerprint density at radius 1 is 0.833 bits per heavy atom. The third kappa shape index (κ3) is 5.53. The maximum Gasteiger partial charge on any atom is 0.127 e. The number of aryl methyl sites for hydroxylation is 2. The van der Waals surface area contributed by atoms with Crippen LogP contribution in [0.5, 0.6) is 17.2 Å². The van der Waals surface area contributed by atoms with Gasteiger partial charge in [-0.3, -0.25) is 0 Å². The van der Waals surface area contributed by atoms with Gasteiger partial charge in [0.15, 0.2) is 0 Å². The largest absolute Gasteiger partial charge is 0.507 e. The second-order valence-electron chi connectivity index (χ2n) is 7.25. The fourth-order valence-electron chi connectivity index (χ4n) is 3.43. The molecule has 0 saturated carbocycles. The summed E-state index contributed by atoms with van der Waals surface area (Å²) in [5.74, 6) is 1.44. The molecule has 0 aliphatic heterocycles. The molecule has 3 rings (SSSR count). The van der Waals surface area contributed by atoms with Gasteiger partial charge in [-0.1, -0.05) is 50.6 Å². The van der Waals surface area contributed by atoms with E-state index < -0.39 is 0 Å². The first-order valence-corrected chi connectivity index (χ1v) is 10.6. The van der Waals surface area contributed by atoms with E-state index in [2.05, 4.69) is 13.0 Å². The zero-order valence-electron chi connectivity index (χ0n) is 17.7. The normalized spacial score (nSPS) is 10.8. The van der Waals surface area contributed by atoms with Gasteiger partial charge in [0.25, 0.3) is 0 Å². The van der Waals surface area contributed by atoms with E-state index in [0.29, 0.717) is 24.5 Å². The van der Waals surface area contributed by atoms with E-state index in [1.807, 2.05) is 31.2 Å². The number of para-hydroxylation sites is 1. The Labute approximate surface area is 178 Å². The van der Waals surface area contributed by atoms with Gasteiger partial charge in [-0.2, -0.15) is 0 Å². The Kier molecular flexibility index (Phi) is 7.72. The summed E-state index contributed by atoms with van der Waals surface area (Å²) >= 11 is 0. The SMILES string of the molecule is CCCc1ccccc1OCCCOc1cc(O)c(-c2ccc(F)cc2)cc1CC. The van der Waals surface area contributed by atoms with Gasteiger partial charge >= 0.3 is 0 Å². The van der Waals surface area contributed by atoms with E-state index in [9.17, 15) is 9.50 Å². The lowest BCUT2D eigenvalue weighted by molar-refractivity contribution is 0.244. The van der Waals surface area contributed by atoms with Crippen LogP contribution in [0.15, 0.2) is 60.7 Å². The van der Waals surface area contributed by atoms with E-state index in [1.165, 1.54) is 17.7 Å². The first kappa shape index (κ1) is 21.7. The second-order valence-corrected chi connectivity index (χ2v) is 7.25. The Hall–Kier alpha value is -3.01. The Bertz CT molecular complexity index is 951. The molecule has 1 N–H and O–H groups in total. The highest BCUT2D eigenvalue weighted by molar-refractivity contribution is 5.72. The molecular formula is C26H29FO3. The quantitative estimate of drug-likeness (QED) is 0.386. The zero-order chi connectivity index (χ0) is 21.3. The van der Waals surface area contributed by atoms with Gasteiger partial charge in [-0.05, 0) is 53.8 Å². The summed E-state index contributed by atoms with van der Waals surface area (Å²) in [7, 11) is 0. The van der Waals surface area contributed by atoms with Crippen molar-refractivity contribution in [2.75, 3.05) is 13.2 Å². The number of hydrogen-bond acceptors (Lipinski definition) is 3. The highest BCUT2D eigenvalue weighted by atomic mass is 19.1. The number of ether oxygens (including phenoxy) is 2. The van der Waals surface area contributed by atoms with E-state index in [-0.39, 0.29) is 11.6 Å². The Morgan fingerprint density at radius 3 is 2.23 bits per heavy atom. The minimum Gasteiger partial charge on any atom is -0.507 e. The average Bonchev–Trinajstić information content (AvgIpc) is 2.76. The molecule has 4 heteroatoms. The molecule has 0 heterocycles. The molecule has 0 bridgehead atoms. The number of phenolic OH excluding ortho intramolecular Hbond substituents is 1. The van der Waals surface area contributed by atoms with Gasteiger partial charge in [-0.25, -0.2) is 4.39 Å². The lowest BCUT2D eigenvalue weighted by atomic mass is 10.00. The van der Waals surface area contributed by atoms with Gasteiger partial charge in [0, 0.05) is 18.1 Å². The molecule has 0 amide bonds. The minimum atomic E-state index is -0.298. The molecule has 30 heavy (non-hydrogen) atoms. The predicted molar refractivity (Wildman–Crippen MR) is 119 cm³/mol. The molecule has 0 aliphatic carbocycles. The average molecular weight is 409 g/mol. The van der Waals surface area contributed by atoms with Crippen molar-refractivity contribution in [1.82, 2.24) is 0 Å². The molecule has 3 aromatic carbocycles. The van der Waals surface area contributed by atoms with Crippen LogP contribution in [0.4, 0.5) is 4.39 Å². The van der Waals surface area contributed by atoms with E-state index >= 15 is 0 Å². The number of aromatic hydroxyl groups is 1. The standard InChI is InChI=1S/C26H29FO3/c1-3-8-21-9-5-6-10-25(21)29-15-7-16-30-26-18-24(28)23(17-19(26)4-2)20-11-13-22(27)14-12-20/h5-6,9-14,17-18,28H,3-4,7-8,15-16H2,1-2H3. The van der Waals surface area contributed by atoms with Crippen LogP contribution in [0, 0.1) is 5.82 Å². The van der Waals surface area contributed by atoms with Gasteiger partial charge < -0.3 is 14.6 Å². The van der Waals surface area contributed by atoms with Crippen LogP contribution in [-0.2, 0) is 12.8 Å². The van der Waals surface area contributed by atoms with Crippen LogP contribution >= 0.6 is 0 Å². The predicted octanol–water partition coefficient (Wildman–Crippen LogP) is 6.56. The molecule has 0 radical (unpaired) electrons. The topological polar surface area (TPSA) is 38.7 Å². The lowest BCUT2D eigenvalue weighted by Crippen LogP contribution is -2.07. The minimum absolute atomic E-state index is 0.124. The number of phenols is 1. The Balaban J connectivity index is 1.59. The third-order valence-corrected chi connectivity index (χ3v) is 5.01. The van der Waals surface area contributed by atoms with Crippen LogP contribution in [0.3, 0.4) is 0 Å². The zero-order valence-corrected chi connectivity index (χ0v) is 17.7. The lowest BCUT2D eigenvalue weighted by Gasteiger charge is -2.15. The number of hydrogen-bond donors (Lipinski definition) is 1. The van der Waals surface area contributed by atoms with E-state index in [0.717, 1.165) is 42.6 Å². The van der Waals surface area contributed by atoms with Gasteiger partial charge in [-0.15, -0.1) is 0 Å². The first-order chi connectivity index (χ1) is 14.6. The highest BCUT2D eigenvalue weighted by Gasteiger charge is 2.12. The van der Waals surface area contributed by atoms with Crippen LogP contribution < -0.4 is 9.47 Å². The van der Waals surface area contributed by atoms with Gasteiger partial charge in [0.05, 0.1) is 13.2 Å². The molecule has 0 fully saturated rings. The molecule has 0 spiro atoms. The molecule has 0 aliphatic rings. The van der Waals surface area contributed by atoms with Crippen molar-refractivity contribution in [3.8, 4) is 28.4 Å². The van der Waals surface area contributed by atoms with Crippen LogP contribution in [-0.4, -0.2) is 18.3 Å². The summed E-state index contributed by atoms with van der Waals surface area (Å²) < 4.78 is 25.1. The maximum atomic E-state index is 13.2. The highest BCUT2D eigenvalue weighted by Crippen LogP contribution is 2.36.